The number of likely N-dealkylation sites (tertiary alicyclic amines) is 1. The second kappa shape index (κ2) is 7.27. The highest BCUT2D eigenvalue weighted by Gasteiger charge is 2.70. The van der Waals surface area contributed by atoms with E-state index in [4.69, 9.17) is 0 Å². The fourth-order valence-electron chi connectivity index (χ4n) is 6.94. The number of amides is 2. The van der Waals surface area contributed by atoms with Gasteiger partial charge in [-0.15, -0.1) is 11.8 Å². The van der Waals surface area contributed by atoms with Crippen LogP contribution in [0.5, 0.6) is 0 Å². The van der Waals surface area contributed by atoms with Gasteiger partial charge in [0.2, 0.25) is 11.8 Å². The van der Waals surface area contributed by atoms with Crippen molar-refractivity contribution >= 4 is 40.9 Å². The third-order valence-electron chi connectivity index (χ3n) is 7.96. The Kier molecular flexibility index (Phi) is 4.65. The molecule has 8 atom stereocenters. The Morgan fingerprint density at radius 2 is 1.94 bits per heavy atom. The van der Waals surface area contributed by atoms with Crippen LogP contribution in [0.4, 0.5) is 0 Å². The second-order valence-electron chi connectivity index (χ2n) is 9.82. The molecule has 2 aliphatic heterocycles. The Hall–Kier alpha value is -2.46. The molecular formula is C23H23N3O5S2. The highest BCUT2D eigenvalue weighted by Crippen LogP contribution is 2.68. The first kappa shape index (κ1) is 21.1. The largest absolute Gasteiger partial charge is 0.480 e. The van der Waals surface area contributed by atoms with Crippen LogP contribution in [0.1, 0.15) is 36.6 Å². The predicted octanol–water partition coefficient (Wildman–Crippen LogP) is 2.41. The zero-order chi connectivity index (χ0) is 23.2. The fourth-order valence-corrected chi connectivity index (χ4v) is 9.83. The van der Waals surface area contributed by atoms with Crippen molar-refractivity contribution < 1.29 is 19.5 Å². The molecule has 10 heteroatoms. The highest BCUT2D eigenvalue weighted by atomic mass is 32.2. The first-order valence-corrected chi connectivity index (χ1v) is 12.9. The summed E-state index contributed by atoms with van der Waals surface area (Å²) < 4.78 is 0. The van der Waals surface area contributed by atoms with Crippen molar-refractivity contribution in [2.45, 2.75) is 42.5 Å². The number of hydrogen-bond acceptors (Lipinski definition) is 7. The number of aromatic nitrogens is 2. The van der Waals surface area contributed by atoms with E-state index in [1.807, 2.05) is 18.3 Å². The number of nitrogens with zero attached hydrogens (tertiary/aromatic N) is 2. The van der Waals surface area contributed by atoms with Crippen molar-refractivity contribution in [2.24, 2.45) is 35.5 Å². The zero-order valence-corrected chi connectivity index (χ0v) is 19.6. The Labute approximate surface area is 197 Å². The number of thiazole rings is 1. The number of nitrogens with one attached hydrogen (secondary N) is 1. The van der Waals surface area contributed by atoms with E-state index in [0.29, 0.717) is 0 Å². The molecule has 2 aromatic heterocycles. The van der Waals surface area contributed by atoms with Gasteiger partial charge in [-0.1, -0.05) is 31.3 Å². The van der Waals surface area contributed by atoms with Gasteiger partial charge < -0.3 is 10.1 Å². The molecule has 2 saturated carbocycles. The maximum Gasteiger partial charge on any atom is 0.327 e. The first-order chi connectivity index (χ1) is 15.8. The standard InChI is InChI=1S/C23H23N3O5S2/c1-8(2)16(22(29)30)26-20(27)14-10-6-11(15(14)21(26)28)17-13(10)12(9-4-3-5-24-7-9)18-19(32-17)25-23(31)33-18/h3-5,7-8,10-17H,6H2,1-2H3,(H,25,31)(H,29,30)/t10-,11+,12-,13+,14+,15+,16-,17-/m1/s1. The van der Waals surface area contributed by atoms with Crippen LogP contribution in [-0.2, 0) is 14.4 Å². The first-order valence-electron chi connectivity index (χ1n) is 11.2. The summed E-state index contributed by atoms with van der Waals surface area (Å²) in [6.07, 6.45) is 4.31. The lowest BCUT2D eigenvalue weighted by Crippen LogP contribution is -2.49. The molecule has 6 rings (SSSR count). The molecule has 2 N–H and O–H groups in total. The molecule has 172 valence electrons. The molecule has 2 aromatic rings. The van der Waals surface area contributed by atoms with Gasteiger partial charge in [-0.05, 0) is 41.7 Å². The topological polar surface area (TPSA) is 120 Å². The number of H-pyrrole nitrogens is 1. The molecule has 2 amide bonds. The summed E-state index contributed by atoms with van der Waals surface area (Å²) in [7, 11) is 0. The van der Waals surface area contributed by atoms with Gasteiger partial charge in [-0.2, -0.15) is 0 Å². The van der Waals surface area contributed by atoms with Gasteiger partial charge in [0.05, 0.1) is 16.9 Å². The normalized spacial score (nSPS) is 35.0. The van der Waals surface area contributed by atoms with Crippen LogP contribution in [0.2, 0.25) is 0 Å². The fraction of sp³-hybridized carbons (Fsp3) is 0.522. The summed E-state index contributed by atoms with van der Waals surface area (Å²) in [4.78, 5) is 60.5. The lowest BCUT2D eigenvalue weighted by molar-refractivity contribution is -0.157. The molecule has 1 saturated heterocycles. The Bertz CT molecular complexity index is 1220. The van der Waals surface area contributed by atoms with E-state index in [2.05, 4.69) is 9.97 Å². The quantitative estimate of drug-likeness (QED) is 0.638. The van der Waals surface area contributed by atoms with Gasteiger partial charge in [-0.3, -0.25) is 24.3 Å². The van der Waals surface area contributed by atoms with E-state index < -0.39 is 23.8 Å². The van der Waals surface area contributed by atoms with E-state index in [0.717, 1.165) is 26.8 Å². The van der Waals surface area contributed by atoms with Gasteiger partial charge in [0.15, 0.2) is 0 Å². The molecular weight excluding hydrogens is 462 g/mol. The summed E-state index contributed by atoms with van der Waals surface area (Å²) in [6.45, 7) is 3.45. The van der Waals surface area contributed by atoms with Crippen molar-refractivity contribution in [3.8, 4) is 0 Å². The smallest absolute Gasteiger partial charge is 0.327 e. The number of imide groups is 1. The summed E-state index contributed by atoms with van der Waals surface area (Å²) >= 11 is 2.83. The number of carbonyl (C=O) groups is 3. The van der Waals surface area contributed by atoms with Gasteiger partial charge in [0.25, 0.3) is 0 Å². The van der Waals surface area contributed by atoms with E-state index in [1.54, 1.807) is 31.8 Å². The highest BCUT2D eigenvalue weighted by molar-refractivity contribution is 8.00. The van der Waals surface area contributed by atoms with Crippen molar-refractivity contribution in [1.29, 1.82) is 0 Å². The van der Waals surface area contributed by atoms with Crippen molar-refractivity contribution in [1.82, 2.24) is 14.9 Å². The second-order valence-corrected chi connectivity index (χ2v) is 12.0. The number of hydrogen-bond donors (Lipinski definition) is 2. The molecule has 4 heterocycles. The molecule has 4 aliphatic rings. The minimum Gasteiger partial charge on any atom is -0.480 e. The Morgan fingerprint density at radius 1 is 1.21 bits per heavy atom. The van der Waals surface area contributed by atoms with Gasteiger partial charge in [0, 0.05) is 28.4 Å². The number of pyridine rings is 1. The van der Waals surface area contributed by atoms with Crippen molar-refractivity contribution in [3.63, 3.8) is 0 Å². The number of carboxylic acid groups (broad SMARTS) is 1. The van der Waals surface area contributed by atoms with E-state index in [9.17, 15) is 24.3 Å². The molecule has 2 aliphatic carbocycles. The number of carbonyl (C=O) groups excluding carboxylic acids is 2. The number of aliphatic carboxylic acids is 1. The zero-order valence-electron chi connectivity index (χ0n) is 18.0. The molecule has 0 unspecified atom stereocenters. The van der Waals surface area contributed by atoms with Gasteiger partial charge >= 0.3 is 10.8 Å². The minimum absolute atomic E-state index is 0.0196. The van der Waals surface area contributed by atoms with Crippen molar-refractivity contribution in [2.75, 3.05) is 0 Å². The van der Waals surface area contributed by atoms with Crippen LogP contribution < -0.4 is 4.87 Å². The number of aromatic amines is 1. The van der Waals surface area contributed by atoms with E-state index in [-0.39, 0.29) is 51.5 Å². The average Bonchev–Trinajstić information content (AvgIpc) is 3.49. The lowest BCUT2D eigenvalue weighted by atomic mass is 9.68. The van der Waals surface area contributed by atoms with Crippen LogP contribution in [0.25, 0.3) is 0 Å². The molecule has 0 spiro atoms. The van der Waals surface area contributed by atoms with Crippen LogP contribution >= 0.6 is 23.1 Å². The number of thioether (sulfide) groups is 1. The van der Waals surface area contributed by atoms with Crippen LogP contribution in [0, 0.1) is 35.5 Å². The third kappa shape index (κ3) is 2.79. The summed E-state index contributed by atoms with van der Waals surface area (Å²) in [5, 5.41) is 10.7. The molecule has 0 aromatic carbocycles. The molecule has 0 radical (unpaired) electrons. The molecule has 2 bridgehead atoms. The van der Waals surface area contributed by atoms with E-state index >= 15 is 0 Å². The summed E-state index contributed by atoms with van der Waals surface area (Å²) in [5.41, 5.74) is 1.01. The van der Waals surface area contributed by atoms with Crippen LogP contribution in [0.3, 0.4) is 0 Å². The molecule has 33 heavy (non-hydrogen) atoms. The minimum atomic E-state index is -1.14. The lowest BCUT2D eigenvalue weighted by Gasteiger charge is -2.42. The van der Waals surface area contributed by atoms with E-state index in [1.165, 1.54) is 11.3 Å². The predicted molar refractivity (Wildman–Crippen MR) is 121 cm³/mol. The SMILES string of the molecule is CC(C)[C@H](C(=O)O)N1C(=O)[C@H]2[C@@H]3C[C@@H]([C@@H]2C1=O)[C@H]1[C@@H](c2cccnc2)c2sc(=O)[nH]c2S[C@H]31. The molecule has 8 nitrogen and oxygen atoms in total. The summed E-state index contributed by atoms with van der Waals surface area (Å²) in [5.74, 6) is -3.17. The van der Waals surface area contributed by atoms with Crippen molar-refractivity contribution in [3.05, 3.63) is 44.6 Å². The number of fused-ring (bicyclic) bond motifs is 9. The Balaban J connectivity index is 1.44. The third-order valence-corrected chi connectivity index (χ3v) is 10.6. The van der Waals surface area contributed by atoms with Crippen LogP contribution in [0.15, 0.2) is 34.3 Å². The average molecular weight is 486 g/mol. The van der Waals surface area contributed by atoms with Gasteiger partial charge in [0.1, 0.15) is 6.04 Å². The van der Waals surface area contributed by atoms with Gasteiger partial charge in [-0.25, -0.2) is 4.79 Å². The molecule has 3 fully saturated rings. The Morgan fingerprint density at radius 3 is 2.58 bits per heavy atom. The van der Waals surface area contributed by atoms with Crippen LogP contribution in [-0.4, -0.2) is 49.0 Å². The number of carboxylic acids is 1. The monoisotopic (exact) mass is 485 g/mol. The number of rotatable bonds is 4. The maximum atomic E-state index is 13.6. The maximum absolute atomic E-state index is 13.6. The summed E-state index contributed by atoms with van der Waals surface area (Å²) in [6, 6.07) is 2.75.